The van der Waals surface area contributed by atoms with Gasteiger partial charge < -0.3 is 0 Å². The van der Waals surface area contributed by atoms with Crippen molar-refractivity contribution in [3.05, 3.63) is 65.5 Å². The summed E-state index contributed by atoms with van der Waals surface area (Å²) in [4.78, 5) is 24.5. The second kappa shape index (κ2) is 6.04. The van der Waals surface area contributed by atoms with Gasteiger partial charge in [-0.1, -0.05) is 36.4 Å². The molecule has 4 rings (SSSR count). The third-order valence-corrected chi connectivity index (χ3v) is 4.15. The minimum atomic E-state index is -4.58. The Kier molecular flexibility index (Phi) is 3.79. The molecule has 1 aromatic heterocycles. The number of rotatable bonds is 3. The van der Waals surface area contributed by atoms with Gasteiger partial charge in [-0.15, -0.1) is 0 Å². The zero-order chi connectivity index (χ0) is 19.2. The lowest BCUT2D eigenvalue weighted by atomic mass is 10.1. The summed E-state index contributed by atoms with van der Waals surface area (Å²) in [5, 5.41) is 8.84. The van der Waals surface area contributed by atoms with E-state index in [-0.39, 0.29) is 11.5 Å². The van der Waals surface area contributed by atoms with E-state index in [0.29, 0.717) is 11.1 Å². The van der Waals surface area contributed by atoms with Gasteiger partial charge in [-0.3, -0.25) is 14.3 Å². The van der Waals surface area contributed by atoms with Crippen molar-refractivity contribution in [3.8, 4) is 0 Å². The molecule has 0 radical (unpaired) electrons. The van der Waals surface area contributed by atoms with Crippen molar-refractivity contribution >= 4 is 28.2 Å². The van der Waals surface area contributed by atoms with Gasteiger partial charge in [0.15, 0.2) is 5.69 Å². The highest BCUT2D eigenvalue weighted by atomic mass is 19.4. The molecule has 0 fully saturated rings. The van der Waals surface area contributed by atoms with Crippen LogP contribution in [0.15, 0.2) is 53.8 Å². The molecular weight excluding hydrogens is 361 g/mol. The standard InChI is InChI=1S/C18H11F3N4O2/c19-18(20,21)13-7-8-25(24-13)9-14(26)22-23-16-11-5-1-3-10-4-2-6-12(15(10)11)17(16)27/h1-8H,9H2,(H,22,26)/b23-16-. The summed E-state index contributed by atoms with van der Waals surface area (Å²) in [5.41, 5.74) is 2.32. The number of hydrogen-bond acceptors (Lipinski definition) is 4. The molecule has 1 aliphatic rings. The van der Waals surface area contributed by atoms with Crippen LogP contribution in [0.4, 0.5) is 13.2 Å². The van der Waals surface area contributed by atoms with E-state index >= 15 is 0 Å². The third kappa shape index (κ3) is 2.97. The number of Topliss-reactive ketones (excluding diaryl/α,β-unsaturated/α-hetero) is 1. The Hall–Kier alpha value is -3.49. The van der Waals surface area contributed by atoms with Gasteiger partial charge in [0.25, 0.3) is 5.91 Å². The van der Waals surface area contributed by atoms with Crippen molar-refractivity contribution in [2.75, 3.05) is 0 Å². The van der Waals surface area contributed by atoms with Crippen LogP contribution in [0.1, 0.15) is 21.6 Å². The Morgan fingerprint density at radius 2 is 1.81 bits per heavy atom. The molecule has 9 heteroatoms. The van der Waals surface area contributed by atoms with Crippen LogP contribution in [0, 0.1) is 0 Å². The fourth-order valence-electron chi connectivity index (χ4n) is 2.99. The van der Waals surface area contributed by atoms with Crippen LogP contribution in [0.25, 0.3) is 10.8 Å². The first-order chi connectivity index (χ1) is 12.8. The van der Waals surface area contributed by atoms with Gasteiger partial charge >= 0.3 is 6.18 Å². The van der Waals surface area contributed by atoms with Gasteiger partial charge in [-0.25, -0.2) is 5.43 Å². The largest absolute Gasteiger partial charge is 0.435 e. The molecule has 1 N–H and O–H groups in total. The number of halogens is 3. The maximum absolute atomic E-state index is 12.5. The first-order valence-electron chi connectivity index (χ1n) is 7.88. The van der Waals surface area contributed by atoms with Crippen molar-refractivity contribution in [3.63, 3.8) is 0 Å². The molecule has 0 spiro atoms. The van der Waals surface area contributed by atoms with Gasteiger partial charge in [0.2, 0.25) is 5.78 Å². The van der Waals surface area contributed by atoms with Crippen LogP contribution in [-0.4, -0.2) is 27.2 Å². The number of aromatic nitrogens is 2. The predicted molar refractivity (Wildman–Crippen MR) is 90.2 cm³/mol. The first kappa shape index (κ1) is 17.0. The quantitative estimate of drug-likeness (QED) is 0.719. The highest BCUT2D eigenvalue weighted by Gasteiger charge is 2.33. The van der Waals surface area contributed by atoms with E-state index in [1.165, 1.54) is 0 Å². The van der Waals surface area contributed by atoms with E-state index < -0.39 is 24.3 Å². The maximum atomic E-state index is 12.5. The van der Waals surface area contributed by atoms with Crippen LogP contribution >= 0.6 is 0 Å². The van der Waals surface area contributed by atoms with E-state index in [4.69, 9.17) is 0 Å². The lowest BCUT2D eigenvalue weighted by Crippen LogP contribution is -2.26. The van der Waals surface area contributed by atoms with Crippen LogP contribution in [0.5, 0.6) is 0 Å². The van der Waals surface area contributed by atoms with Crippen molar-refractivity contribution in [2.24, 2.45) is 5.10 Å². The van der Waals surface area contributed by atoms with Gasteiger partial charge in [0, 0.05) is 22.7 Å². The maximum Gasteiger partial charge on any atom is 0.435 e. The number of carbonyl (C=O) groups excluding carboxylic acids is 2. The Morgan fingerprint density at radius 1 is 1.11 bits per heavy atom. The molecule has 2 aromatic carbocycles. The molecule has 0 aliphatic heterocycles. The molecular formula is C18H11F3N4O2. The number of ketones is 1. The average molecular weight is 372 g/mol. The summed E-state index contributed by atoms with van der Waals surface area (Å²) in [5.74, 6) is -1.02. The smallest absolute Gasteiger partial charge is 0.287 e. The summed E-state index contributed by atoms with van der Waals surface area (Å²) in [6, 6.07) is 11.5. The third-order valence-electron chi connectivity index (χ3n) is 4.15. The Bertz CT molecular complexity index is 1110. The fourth-order valence-corrected chi connectivity index (χ4v) is 2.99. The zero-order valence-corrected chi connectivity index (χ0v) is 13.6. The topological polar surface area (TPSA) is 76.3 Å². The normalized spacial score (nSPS) is 14.9. The Labute approximate surface area is 150 Å². The molecule has 1 heterocycles. The summed E-state index contributed by atoms with van der Waals surface area (Å²) < 4.78 is 38.5. The molecule has 3 aromatic rings. The van der Waals surface area contributed by atoms with Gasteiger partial charge in [-0.2, -0.15) is 23.4 Å². The second-order valence-corrected chi connectivity index (χ2v) is 5.93. The number of carbonyl (C=O) groups is 2. The molecule has 1 amide bonds. The molecule has 0 atom stereocenters. The SMILES string of the molecule is O=C(Cn1ccc(C(F)(F)F)n1)N/N=C1\C(=O)c2cccc3cccc1c23. The fraction of sp³-hybridized carbons (Fsp3) is 0.111. The van der Waals surface area contributed by atoms with Gasteiger partial charge in [-0.05, 0) is 11.5 Å². The van der Waals surface area contributed by atoms with Gasteiger partial charge in [0.1, 0.15) is 12.3 Å². The van der Waals surface area contributed by atoms with E-state index in [9.17, 15) is 22.8 Å². The summed E-state index contributed by atoms with van der Waals surface area (Å²) in [7, 11) is 0. The van der Waals surface area contributed by atoms with Crippen molar-refractivity contribution in [2.45, 2.75) is 12.7 Å². The van der Waals surface area contributed by atoms with Crippen LogP contribution in [0.2, 0.25) is 0 Å². The highest BCUT2D eigenvalue weighted by Crippen LogP contribution is 2.31. The zero-order valence-electron chi connectivity index (χ0n) is 13.6. The predicted octanol–water partition coefficient (Wildman–Crippen LogP) is 2.77. The number of hydrogen-bond donors (Lipinski definition) is 1. The van der Waals surface area contributed by atoms with Crippen LogP contribution in [-0.2, 0) is 17.5 Å². The minimum Gasteiger partial charge on any atom is -0.287 e. The molecule has 27 heavy (non-hydrogen) atoms. The number of amides is 1. The van der Waals surface area contributed by atoms with E-state index in [1.807, 2.05) is 12.1 Å². The monoisotopic (exact) mass is 372 g/mol. The van der Waals surface area contributed by atoms with Gasteiger partial charge in [0.05, 0.1) is 0 Å². The lowest BCUT2D eigenvalue weighted by Gasteiger charge is -2.03. The minimum absolute atomic E-state index is 0.0894. The molecule has 136 valence electrons. The van der Waals surface area contributed by atoms with E-state index in [1.54, 1.807) is 24.3 Å². The van der Waals surface area contributed by atoms with Crippen molar-refractivity contribution in [1.29, 1.82) is 0 Å². The molecule has 0 unspecified atom stereocenters. The Morgan fingerprint density at radius 3 is 2.48 bits per heavy atom. The number of nitrogens with one attached hydrogen (secondary N) is 1. The average Bonchev–Trinajstić information content (AvgIpc) is 3.19. The van der Waals surface area contributed by atoms with Crippen LogP contribution < -0.4 is 5.43 Å². The van der Waals surface area contributed by atoms with E-state index in [0.717, 1.165) is 27.7 Å². The van der Waals surface area contributed by atoms with E-state index in [2.05, 4.69) is 15.6 Å². The van der Waals surface area contributed by atoms with Crippen molar-refractivity contribution in [1.82, 2.24) is 15.2 Å². The highest BCUT2D eigenvalue weighted by molar-refractivity contribution is 6.59. The molecule has 0 saturated heterocycles. The Balaban J connectivity index is 1.54. The van der Waals surface area contributed by atoms with Crippen LogP contribution in [0.3, 0.4) is 0 Å². The summed E-state index contributed by atoms with van der Waals surface area (Å²) >= 11 is 0. The molecule has 0 bridgehead atoms. The molecule has 1 aliphatic carbocycles. The lowest BCUT2D eigenvalue weighted by molar-refractivity contribution is -0.141. The molecule has 6 nitrogen and oxygen atoms in total. The number of alkyl halides is 3. The van der Waals surface area contributed by atoms with Crippen molar-refractivity contribution < 1.29 is 22.8 Å². The number of hydrazone groups is 1. The second-order valence-electron chi connectivity index (χ2n) is 5.93. The number of benzene rings is 2. The summed E-state index contributed by atoms with van der Waals surface area (Å²) in [6.07, 6.45) is -3.53. The summed E-state index contributed by atoms with van der Waals surface area (Å²) in [6.45, 7) is -0.460. The molecule has 0 saturated carbocycles. The first-order valence-corrected chi connectivity index (χ1v) is 7.88. The number of nitrogens with zero attached hydrogens (tertiary/aromatic N) is 3.